The molecule has 0 saturated heterocycles. The molecule has 0 bridgehead atoms. The maximum absolute atomic E-state index is 11.6. The Hall–Kier alpha value is -1.18. The molecule has 0 amide bonds. The predicted octanol–water partition coefficient (Wildman–Crippen LogP) is 2.84. The van der Waals surface area contributed by atoms with Gasteiger partial charge in [-0.3, -0.25) is 9.59 Å². The number of Topliss-reactive ketones (excluding diaryl/α,β-unsaturated/α-hetero) is 2. The van der Waals surface area contributed by atoms with Crippen LogP contribution in [0.15, 0.2) is 23.3 Å². The summed E-state index contributed by atoms with van der Waals surface area (Å²) in [5.41, 5.74) is 1.43. The lowest BCUT2D eigenvalue weighted by Crippen LogP contribution is -2.14. The van der Waals surface area contributed by atoms with Gasteiger partial charge in [-0.25, -0.2) is 0 Å². The average Bonchev–Trinajstić information content (AvgIpc) is 2.16. The second-order valence-corrected chi connectivity index (χ2v) is 3.33. The first kappa shape index (κ1) is 12.8. The monoisotopic (exact) mass is 194 g/mol. The molecule has 14 heavy (non-hydrogen) atoms. The summed E-state index contributed by atoms with van der Waals surface area (Å²) in [6.45, 7) is 7.38. The summed E-state index contributed by atoms with van der Waals surface area (Å²) in [7, 11) is 0. The van der Waals surface area contributed by atoms with E-state index in [0.29, 0.717) is 5.57 Å². The second-order valence-electron chi connectivity index (χ2n) is 3.33. The maximum Gasteiger partial charge on any atom is 0.228 e. The lowest BCUT2D eigenvalue weighted by molar-refractivity contribution is -0.134. The first-order valence-corrected chi connectivity index (χ1v) is 4.96. The number of carbonyl (C=O) groups excluding carboxylic acids is 2. The molecule has 0 spiro atoms. The lowest BCUT2D eigenvalue weighted by Gasteiger charge is -2.01. The van der Waals surface area contributed by atoms with Crippen molar-refractivity contribution in [2.45, 2.75) is 40.5 Å². The summed E-state index contributed by atoms with van der Waals surface area (Å²) in [5, 5.41) is 0. The topological polar surface area (TPSA) is 34.1 Å². The second kappa shape index (κ2) is 6.30. The summed E-state index contributed by atoms with van der Waals surface area (Å²) >= 11 is 0. The Morgan fingerprint density at radius 1 is 1.14 bits per heavy atom. The van der Waals surface area contributed by atoms with Gasteiger partial charge >= 0.3 is 0 Å². The Labute approximate surface area is 85.7 Å². The van der Waals surface area contributed by atoms with Gasteiger partial charge in [0, 0.05) is 12.0 Å². The molecule has 0 unspecified atom stereocenters. The van der Waals surface area contributed by atoms with Crippen molar-refractivity contribution in [3.63, 3.8) is 0 Å². The van der Waals surface area contributed by atoms with Crippen molar-refractivity contribution < 1.29 is 9.59 Å². The summed E-state index contributed by atoms with van der Waals surface area (Å²) in [4.78, 5) is 22.8. The molecule has 0 radical (unpaired) electrons. The Kier molecular flexibility index (Phi) is 5.77. The zero-order valence-corrected chi connectivity index (χ0v) is 9.39. The van der Waals surface area contributed by atoms with E-state index in [0.717, 1.165) is 12.0 Å². The van der Waals surface area contributed by atoms with Gasteiger partial charge in [-0.2, -0.15) is 0 Å². The van der Waals surface area contributed by atoms with Crippen molar-refractivity contribution in [1.29, 1.82) is 0 Å². The van der Waals surface area contributed by atoms with E-state index in [2.05, 4.69) is 0 Å². The zero-order valence-electron chi connectivity index (χ0n) is 9.39. The lowest BCUT2D eigenvalue weighted by atomic mass is 10.0. The van der Waals surface area contributed by atoms with Crippen molar-refractivity contribution in [1.82, 2.24) is 0 Å². The highest BCUT2D eigenvalue weighted by molar-refractivity contribution is 6.44. The van der Waals surface area contributed by atoms with Gasteiger partial charge in [0.05, 0.1) is 0 Å². The van der Waals surface area contributed by atoms with Crippen LogP contribution in [0.2, 0.25) is 0 Å². The van der Waals surface area contributed by atoms with Crippen molar-refractivity contribution in [3.05, 3.63) is 23.3 Å². The van der Waals surface area contributed by atoms with Crippen LogP contribution in [0.3, 0.4) is 0 Å². The Bertz CT molecular complexity index is 279. The van der Waals surface area contributed by atoms with Gasteiger partial charge in [-0.05, 0) is 20.3 Å². The normalized spacial score (nSPS) is 10.3. The van der Waals surface area contributed by atoms with Crippen molar-refractivity contribution >= 4 is 11.6 Å². The Morgan fingerprint density at radius 3 is 2.07 bits per heavy atom. The fourth-order valence-electron chi connectivity index (χ4n) is 1.02. The van der Waals surface area contributed by atoms with Crippen molar-refractivity contribution in [3.8, 4) is 0 Å². The molecular weight excluding hydrogens is 176 g/mol. The van der Waals surface area contributed by atoms with E-state index in [1.54, 1.807) is 13.0 Å². The van der Waals surface area contributed by atoms with E-state index in [1.807, 2.05) is 26.8 Å². The summed E-state index contributed by atoms with van der Waals surface area (Å²) < 4.78 is 0. The molecule has 0 saturated carbocycles. The van der Waals surface area contributed by atoms with Crippen LogP contribution in [0, 0.1) is 0 Å². The number of rotatable bonds is 5. The fourth-order valence-corrected chi connectivity index (χ4v) is 1.02. The third kappa shape index (κ3) is 3.69. The van der Waals surface area contributed by atoms with Gasteiger partial charge in [0.2, 0.25) is 11.6 Å². The van der Waals surface area contributed by atoms with Crippen LogP contribution in [-0.2, 0) is 9.59 Å². The van der Waals surface area contributed by atoms with Gasteiger partial charge in [-0.1, -0.05) is 31.6 Å². The molecule has 0 aliphatic rings. The Balaban J connectivity index is 4.88. The van der Waals surface area contributed by atoms with E-state index in [-0.39, 0.29) is 18.0 Å². The summed E-state index contributed by atoms with van der Waals surface area (Å²) in [5.74, 6) is -0.681. The molecule has 0 aromatic carbocycles. The minimum atomic E-state index is -0.364. The molecule has 0 aromatic heterocycles. The van der Waals surface area contributed by atoms with Gasteiger partial charge in [-0.15, -0.1) is 0 Å². The van der Waals surface area contributed by atoms with Crippen LogP contribution < -0.4 is 0 Å². The minimum Gasteiger partial charge on any atom is -0.290 e. The van der Waals surface area contributed by atoms with Crippen LogP contribution >= 0.6 is 0 Å². The number of hydrogen-bond acceptors (Lipinski definition) is 2. The fraction of sp³-hybridized carbons (Fsp3) is 0.500. The highest BCUT2D eigenvalue weighted by atomic mass is 16.2. The molecule has 0 heterocycles. The molecule has 0 atom stereocenters. The molecule has 0 fully saturated rings. The van der Waals surface area contributed by atoms with E-state index in [9.17, 15) is 9.59 Å². The quantitative estimate of drug-likeness (QED) is 0.383. The third-order valence-electron chi connectivity index (χ3n) is 1.88. The first-order valence-electron chi connectivity index (χ1n) is 4.96. The number of hydrogen-bond donors (Lipinski definition) is 0. The highest BCUT2D eigenvalue weighted by Gasteiger charge is 2.15. The molecule has 78 valence electrons. The van der Waals surface area contributed by atoms with Crippen molar-refractivity contribution in [2.24, 2.45) is 0 Å². The van der Waals surface area contributed by atoms with Crippen molar-refractivity contribution in [2.75, 3.05) is 0 Å². The van der Waals surface area contributed by atoms with Crippen LogP contribution in [0.1, 0.15) is 40.5 Å². The molecule has 0 aromatic rings. The third-order valence-corrected chi connectivity index (χ3v) is 1.88. The van der Waals surface area contributed by atoms with Crippen LogP contribution in [0.5, 0.6) is 0 Å². The van der Waals surface area contributed by atoms with Crippen LogP contribution in [0.4, 0.5) is 0 Å². The number of carbonyl (C=O) groups is 2. The van der Waals surface area contributed by atoms with E-state index in [4.69, 9.17) is 0 Å². The zero-order chi connectivity index (χ0) is 11.1. The van der Waals surface area contributed by atoms with E-state index in [1.165, 1.54) is 0 Å². The molecule has 0 aliphatic heterocycles. The van der Waals surface area contributed by atoms with Gasteiger partial charge in [0.1, 0.15) is 0 Å². The molecule has 0 aliphatic carbocycles. The van der Waals surface area contributed by atoms with E-state index >= 15 is 0 Å². The predicted molar refractivity (Wildman–Crippen MR) is 58.1 cm³/mol. The van der Waals surface area contributed by atoms with Gasteiger partial charge in [0.15, 0.2) is 0 Å². The average molecular weight is 194 g/mol. The molecular formula is C12H18O2. The highest BCUT2D eigenvalue weighted by Crippen LogP contribution is 2.09. The molecule has 0 rings (SSSR count). The molecule has 2 nitrogen and oxygen atoms in total. The van der Waals surface area contributed by atoms with E-state index < -0.39 is 0 Å². The summed E-state index contributed by atoms with van der Waals surface area (Å²) in [6, 6.07) is 0. The smallest absolute Gasteiger partial charge is 0.228 e. The number of allylic oxidation sites excluding steroid dienone is 4. The van der Waals surface area contributed by atoms with Crippen LogP contribution in [-0.4, -0.2) is 11.6 Å². The number of ketones is 2. The first-order chi connectivity index (χ1) is 6.54. The maximum atomic E-state index is 11.6. The minimum absolute atomic E-state index is 0.273. The Morgan fingerprint density at radius 2 is 1.71 bits per heavy atom. The van der Waals surface area contributed by atoms with Gasteiger partial charge < -0.3 is 0 Å². The largest absolute Gasteiger partial charge is 0.290 e. The SMILES string of the molecule is CCC=CC(C(=O)C(=O)CC)=C(C)C. The molecule has 2 heteroatoms. The molecule has 0 N–H and O–H groups in total. The summed E-state index contributed by atoms with van der Waals surface area (Å²) in [6.07, 6.45) is 4.77. The van der Waals surface area contributed by atoms with Crippen LogP contribution in [0.25, 0.3) is 0 Å². The standard InChI is InChI=1S/C12H18O2/c1-5-7-8-10(9(3)4)12(14)11(13)6-2/h7-8H,5-6H2,1-4H3. The van der Waals surface area contributed by atoms with Gasteiger partial charge in [0.25, 0.3) is 0 Å².